The second kappa shape index (κ2) is 10.00. The van der Waals surface area contributed by atoms with Crippen LogP contribution in [0.1, 0.15) is 17.5 Å². The van der Waals surface area contributed by atoms with E-state index in [1.807, 2.05) is 0 Å². The van der Waals surface area contributed by atoms with Crippen molar-refractivity contribution in [3.8, 4) is 11.1 Å². The molecule has 2 nitrogen and oxygen atoms in total. The van der Waals surface area contributed by atoms with Crippen LogP contribution in [0.4, 0.5) is 17.1 Å². The molecule has 44 heavy (non-hydrogen) atoms. The van der Waals surface area contributed by atoms with Crippen LogP contribution in [0.15, 0.2) is 150 Å². The lowest BCUT2D eigenvalue weighted by molar-refractivity contribution is 0.667. The fraction of sp³-hybridized carbons (Fsp3) is 0.0476. The van der Waals surface area contributed by atoms with Gasteiger partial charge in [-0.3, -0.25) is 0 Å². The van der Waals surface area contributed by atoms with Crippen LogP contribution in [0.25, 0.3) is 60.7 Å². The first-order chi connectivity index (χ1) is 21.8. The third-order valence-corrected chi connectivity index (χ3v) is 9.10. The van der Waals surface area contributed by atoms with Crippen LogP contribution in [-0.4, -0.2) is 0 Å². The fourth-order valence-corrected chi connectivity index (χ4v) is 7.14. The van der Waals surface area contributed by atoms with Crippen molar-refractivity contribution < 1.29 is 4.42 Å². The van der Waals surface area contributed by atoms with Gasteiger partial charge >= 0.3 is 0 Å². The van der Waals surface area contributed by atoms with Crippen LogP contribution in [0, 0.1) is 0 Å². The number of benzene rings is 7. The van der Waals surface area contributed by atoms with Gasteiger partial charge in [-0.2, -0.15) is 0 Å². The van der Waals surface area contributed by atoms with Crippen LogP contribution in [0.2, 0.25) is 0 Å². The lowest BCUT2D eigenvalue weighted by Gasteiger charge is -2.28. The van der Waals surface area contributed by atoms with Gasteiger partial charge in [-0.15, -0.1) is 0 Å². The van der Waals surface area contributed by atoms with E-state index in [1.165, 1.54) is 43.8 Å². The predicted molar refractivity (Wildman–Crippen MR) is 186 cm³/mol. The molecule has 1 aromatic heterocycles. The van der Waals surface area contributed by atoms with E-state index >= 15 is 0 Å². The normalized spacial score (nSPS) is 12.7. The molecule has 0 atom stereocenters. The maximum absolute atomic E-state index is 6.80. The Morgan fingerprint density at radius 3 is 1.89 bits per heavy atom. The second-order valence-corrected chi connectivity index (χ2v) is 11.6. The Morgan fingerprint density at radius 1 is 0.545 bits per heavy atom. The standard InChI is InChI=1S/C42H29NO/c1-2-13-30(14-3-1)35-27-36-41-39(25-12-26-40(41)44-42(36)34-22-9-8-21-33(34)35)43(37-23-10-17-28-15-4-6-19-31(28)37)38-24-11-18-29-16-5-7-20-32(29)38/h1-7,9-20,22-27H,8,21H2. The minimum Gasteiger partial charge on any atom is -0.455 e. The van der Waals surface area contributed by atoms with E-state index < -0.39 is 0 Å². The molecular formula is C42H29NO. The van der Waals surface area contributed by atoms with Crippen LogP contribution in [0.5, 0.6) is 0 Å². The number of rotatable bonds is 4. The zero-order valence-corrected chi connectivity index (χ0v) is 24.2. The highest BCUT2D eigenvalue weighted by atomic mass is 16.3. The zero-order chi connectivity index (χ0) is 29.0. The Labute approximate surface area is 256 Å². The third-order valence-electron chi connectivity index (χ3n) is 9.10. The molecular weight excluding hydrogens is 534 g/mol. The fourth-order valence-electron chi connectivity index (χ4n) is 7.14. The van der Waals surface area contributed by atoms with Gasteiger partial charge < -0.3 is 9.32 Å². The van der Waals surface area contributed by atoms with Gasteiger partial charge in [-0.05, 0) is 70.6 Å². The van der Waals surface area contributed by atoms with E-state index in [-0.39, 0.29) is 0 Å². The number of furan rings is 1. The topological polar surface area (TPSA) is 16.4 Å². The molecule has 0 fully saturated rings. The Bertz CT molecular complexity index is 2310. The number of anilines is 3. The smallest absolute Gasteiger partial charge is 0.143 e. The van der Waals surface area contributed by atoms with Crippen molar-refractivity contribution in [3.63, 3.8) is 0 Å². The van der Waals surface area contributed by atoms with Gasteiger partial charge in [0.2, 0.25) is 0 Å². The molecule has 8 aromatic rings. The molecule has 1 aliphatic rings. The van der Waals surface area contributed by atoms with Gasteiger partial charge in [0, 0.05) is 21.7 Å². The van der Waals surface area contributed by atoms with Crippen LogP contribution in [-0.2, 0) is 6.42 Å². The van der Waals surface area contributed by atoms with Crippen molar-refractivity contribution in [1.82, 2.24) is 0 Å². The van der Waals surface area contributed by atoms with Crippen LogP contribution in [0.3, 0.4) is 0 Å². The monoisotopic (exact) mass is 563 g/mol. The van der Waals surface area contributed by atoms with Gasteiger partial charge in [0.15, 0.2) is 0 Å². The summed E-state index contributed by atoms with van der Waals surface area (Å²) < 4.78 is 6.80. The van der Waals surface area contributed by atoms with Crippen molar-refractivity contribution in [2.24, 2.45) is 0 Å². The minimum atomic E-state index is 0.898. The first-order valence-electron chi connectivity index (χ1n) is 15.3. The van der Waals surface area contributed by atoms with Gasteiger partial charge in [-0.25, -0.2) is 0 Å². The third kappa shape index (κ3) is 3.81. The molecule has 0 amide bonds. The Kier molecular flexibility index (Phi) is 5.67. The molecule has 0 N–H and O–H groups in total. The molecule has 1 aliphatic carbocycles. The summed E-state index contributed by atoms with van der Waals surface area (Å²) in [5, 5.41) is 7.11. The quantitative estimate of drug-likeness (QED) is 0.212. The molecule has 0 saturated heterocycles. The van der Waals surface area contributed by atoms with Crippen LogP contribution < -0.4 is 4.90 Å². The molecule has 0 spiro atoms. The first kappa shape index (κ1) is 24.9. The predicted octanol–water partition coefficient (Wildman–Crippen LogP) is 12.0. The van der Waals surface area contributed by atoms with Gasteiger partial charge in [0.25, 0.3) is 0 Å². The van der Waals surface area contributed by atoms with E-state index in [0.717, 1.165) is 51.8 Å². The molecule has 0 saturated carbocycles. The number of hydrogen-bond donors (Lipinski definition) is 0. The van der Waals surface area contributed by atoms with E-state index in [0.29, 0.717) is 0 Å². The van der Waals surface area contributed by atoms with Crippen molar-refractivity contribution in [3.05, 3.63) is 157 Å². The Hall–Kier alpha value is -5.60. The van der Waals surface area contributed by atoms with E-state index in [4.69, 9.17) is 4.42 Å². The van der Waals surface area contributed by atoms with Crippen molar-refractivity contribution in [2.75, 3.05) is 4.90 Å². The summed E-state index contributed by atoms with van der Waals surface area (Å²) in [7, 11) is 0. The van der Waals surface area contributed by atoms with Crippen LogP contribution >= 0.6 is 0 Å². The highest BCUT2D eigenvalue weighted by Gasteiger charge is 2.25. The van der Waals surface area contributed by atoms with Gasteiger partial charge in [-0.1, -0.05) is 121 Å². The average molecular weight is 564 g/mol. The lowest BCUT2D eigenvalue weighted by Crippen LogP contribution is -2.11. The summed E-state index contributed by atoms with van der Waals surface area (Å²) in [5.41, 5.74) is 10.4. The number of fused-ring (bicyclic) bond motifs is 7. The molecule has 0 radical (unpaired) electrons. The summed E-state index contributed by atoms with van der Waals surface area (Å²) in [6.07, 6.45) is 6.60. The van der Waals surface area contributed by atoms with Crippen molar-refractivity contribution in [1.29, 1.82) is 0 Å². The van der Waals surface area contributed by atoms with E-state index in [2.05, 4.69) is 157 Å². The maximum Gasteiger partial charge on any atom is 0.143 e. The Morgan fingerprint density at radius 2 is 1.16 bits per heavy atom. The summed E-state index contributed by atoms with van der Waals surface area (Å²) >= 11 is 0. The molecule has 2 heteroatoms. The van der Waals surface area contributed by atoms with Gasteiger partial charge in [0.1, 0.15) is 11.2 Å². The SMILES string of the molecule is C1=Cc2c(c(-c3ccccc3)cc3c2oc2cccc(N(c4cccc5ccccc45)c4cccc5ccccc45)c23)CC1. The zero-order valence-electron chi connectivity index (χ0n) is 24.2. The second-order valence-electron chi connectivity index (χ2n) is 11.6. The molecule has 0 bridgehead atoms. The number of allylic oxidation sites excluding steroid dienone is 1. The maximum atomic E-state index is 6.80. The molecule has 208 valence electrons. The summed E-state index contributed by atoms with van der Waals surface area (Å²) in [5.74, 6) is 0. The van der Waals surface area contributed by atoms with Crippen molar-refractivity contribution in [2.45, 2.75) is 12.8 Å². The van der Waals surface area contributed by atoms with Crippen molar-refractivity contribution >= 4 is 66.6 Å². The molecule has 0 aliphatic heterocycles. The molecule has 0 unspecified atom stereocenters. The largest absolute Gasteiger partial charge is 0.455 e. The van der Waals surface area contributed by atoms with E-state index in [1.54, 1.807) is 0 Å². The highest BCUT2D eigenvalue weighted by molar-refractivity contribution is 6.18. The molecule has 1 heterocycles. The minimum absolute atomic E-state index is 0.898. The summed E-state index contributed by atoms with van der Waals surface area (Å²) in [4.78, 5) is 2.44. The summed E-state index contributed by atoms with van der Waals surface area (Å²) in [6, 6.07) is 50.2. The lowest BCUT2D eigenvalue weighted by atomic mass is 9.87. The van der Waals surface area contributed by atoms with E-state index in [9.17, 15) is 0 Å². The summed E-state index contributed by atoms with van der Waals surface area (Å²) in [6.45, 7) is 0. The highest BCUT2D eigenvalue weighted by Crippen LogP contribution is 2.48. The number of nitrogens with zero attached hydrogens (tertiary/aromatic N) is 1. The molecule has 7 aromatic carbocycles. The molecule has 9 rings (SSSR count). The Balaban J connectivity index is 1.42. The van der Waals surface area contributed by atoms with Gasteiger partial charge in [0.05, 0.1) is 22.4 Å². The average Bonchev–Trinajstić information content (AvgIpc) is 3.48. The number of hydrogen-bond acceptors (Lipinski definition) is 2. The first-order valence-corrected chi connectivity index (χ1v) is 15.3.